The molecule has 0 heterocycles. The molecule has 1 aliphatic carbocycles. The topological polar surface area (TPSA) is 125 Å². The second-order valence-corrected chi connectivity index (χ2v) is 6.30. The molecule has 0 saturated heterocycles. The summed E-state index contributed by atoms with van der Waals surface area (Å²) in [5, 5.41) is 13.6. The van der Waals surface area contributed by atoms with Crippen molar-refractivity contribution in [3.05, 3.63) is 0 Å². The van der Waals surface area contributed by atoms with Crippen molar-refractivity contribution >= 4 is 22.0 Å². The van der Waals surface area contributed by atoms with Crippen molar-refractivity contribution < 1.29 is 23.1 Å². The van der Waals surface area contributed by atoms with Crippen LogP contribution in [-0.2, 0) is 14.8 Å². The molecule has 1 atom stereocenters. The number of nitrogens with one attached hydrogen (secondary N) is 3. The summed E-state index contributed by atoms with van der Waals surface area (Å²) < 4.78 is 24.9. The number of aliphatic carboxylic acids is 1. The number of sulfonamides is 1. The van der Waals surface area contributed by atoms with Crippen LogP contribution in [0.3, 0.4) is 0 Å². The molecule has 2 amide bonds. The average Bonchev–Trinajstić information content (AvgIpc) is 3.08. The van der Waals surface area contributed by atoms with Crippen LogP contribution in [0.15, 0.2) is 0 Å². The third-order valence-electron chi connectivity index (χ3n) is 2.67. The molecular formula is C10H19N3O5S. The minimum Gasteiger partial charge on any atom is -0.480 e. The van der Waals surface area contributed by atoms with E-state index in [1.165, 1.54) is 0 Å². The second-order valence-electron chi connectivity index (χ2n) is 4.37. The normalized spacial score (nSPS) is 16.7. The van der Waals surface area contributed by atoms with Gasteiger partial charge in [0.25, 0.3) is 0 Å². The zero-order valence-electron chi connectivity index (χ0n) is 10.7. The highest BCUT2D eigenvalue weighted by atomic mass is 32.2. The van der Waals surface area contributed by atoms with Gasteiger partial charge in [0.15, 0.2) is 0 Å². The van der Waals surface area contributed by atoms with Crippen LogP contribution in [0.2, 0.25) is 0 Å². The van der Waals surface area contributed by atoms with Crippen molar-refractivity contribution in [2.24, 2.45) is 5.92 Å². The van der Waals surface area contributed by atoms with Crippen LogP contribution in [0.1, 0.15) is 19.8 Å². The third kappa shape index (κ3) is 5.88. The lowest BCUT2D eigenvalue weighted by atomic mass is 10.2. The first-order chi connectivity index (χ1) is 8.85. The zero-order chi connectivity index (χ0) is 14.5. The first-order valence-electron chi connectivity index (χ1n) is 6.10. The molecule has 1 aliphatic rings. The zero-order valence-corrected chi connectivity index (χ0v) is 11.5. The van der Waals surface area contributed by atoms with E-state index in [2.05, 4.69) is 15.4 Å². The predicted octanol–water partition coefficient (Wildman–Crippen LogP) is -0.912. The minimum atomic E-state index is -3.38. The Hall–Kier alpha value is -1.35. The summed E-state index contributed by atoms with van der Waals surface area (Å²) >= 11 is 0. The minimum absolute atomic E-state index is 0.0197. The first-order valence-corrected chi connectivity index (χ1v) is 7.75. The number of hydrogen-bond acceptors (Lipinski definition) is 4. The fourth-order valence-corrected chi connectivity index (χ4v) is 2.55. The smallest absolute Gasteiger partial charge is 0.326 e. The van der Waals surface area contributed by atoms with Gasteiger partial charge in [-0.3, -0.25) is 0 Å². The summed E-state index contributed by atoms with van der Waals surface area (Å²) in [7, 11) is -3.38. The van der Waals surface area contributed by atoms with E-state index in [1.807, 2.05) is 0 Å². The van der Waals surface area contributed by atoms with E-state index in [-0.39, 0.29) is 24.8 Å². The van der Waals surface area contributed by atoms with Gasteiger partial charge in [-0.2, -0.15) is 0 Å². The van der Waals surface area contributed by atoms with E-state index in [1.54, 1.807) is 6.92 Å². The van der Waals surface area contributed by atoms with Crippen LogP contribution in [0, 0.1) is 5.92 Å². The molecule has 110 valence electrons. The van der Waals surface area contributed by atoms with E-state index >= 15 is 0 Å². The average molecular weight is 293 g/mol. The quantitative estimate of drug-likeness (QED) is 0.461. The van der Waals surface area contributed by atoms with Crippen molar-refractivity contribution in [2.75, 3.05) is 18.8 Å². The molecule has 0 radical (unpaired) electrons. The van der Waals surface area contributed by atoms with Gasteiger partial charge >= 0.3 is 12.0 Å². The van der Waals surface area contributed by atoms with E-state index in [0.717, 1.165) is 12.8 Å². The molecular weight excluding hydrogens is 274 g/mol. The molecule has 19 heavy (non-hydrogen) atoms. The largest absolute Gasteiger partial charge is 0.480 e. The van der Waals surface area contributed by atoms with Gasteiger partial charge in [0.05, 0.1) is 5.75 Å². The lowest BCUT2D eigenvalue weighted by Crippen LogP contribution is -2.48. The SMILES string of the molecule is CCNS(=O)(=O)CCNC(=O)NC(C(=O)O)C1CC1. The number of carbonyl (C=O) groups is 2. The van der Waals surface area contributed by atoms with E-state index in [0.29, 0.717) is 0 Å². The Morgan fingerprint density at radius 2 is 2.00 bits per heavy atom. The fourth-order valence-electron chi connectivity index (χ4n) is 1.59. The molecule has 0 bridgehead atoms. The number of amides is 2. The lowest BCUT2D eigenvalue weighted by molar-refractivity contribution is -0.139. The number of carboxylic acid groups (broad SMARTS) is 1. The maximum absolute atomic E-state index is 11.4. The Labute approximate surface area is 112 Å². The van der Waals surface area contributed by atoms with Crippen LogP contribution in [-0.4, -0.2) is 50.4 Å². The number of rotatable bonds is 8. The van der Waals surface area contributed by atoms with Crippen LogP contribution in [0.5, 0.6) is 0 Å². The van der Waals surface area contributed by atoms with E-state index < -0.39 is 28.1 Å². The molecule has 0 spiro atoms. The summed E-state index contributed by atoms with van der Waals surface area (Å²) in [6.07, 6.45) is 1.57. The number of carboxylic acids is 1. The van der Waals surface area contributed by atoms with Gasteiger partial charge in [0.2, 0.25) is 10.0 Å². The van der Waals surface area contributed by atoms with Crippen LogP contribution >= 0.6 is 0 Å². The van der Waals surface area contributed by atoms with Crippen molar-refractivity contribution in [3.63, 3.8) is 0 Å². The Bertz CT molecular complexity index is 432. The maximum atomic E-state index is 11.4. The number of carbonyl (C=O) groups excluding carboxylic acids is 1. The molecule has 8 nitrogen and oxygen atoms in total. The van der Waals surface area contributed by atoms with Gasteiger partial charge in [-0.25, -0.2) is 22.7 Å². The standard InChI is InChI=1S/C10H19N3O5S/c1-2-12-19(17,18)6-5-11-10(16)13-8(9(14)15)7-3-4-7/h7-8,12H,2-6H2,1H3,(H,14,15)(H2,11,13,16). The molecule has 0 aromatic carbocycles. The van der Waals surface area contributed by atoms with Gasteiger partial charge < -0.3 is 15.7 Å². The summed E-state index contributed by atoms with van der Waals surface area (Å²) in [4.78, 5) is 22.3. The molecule has 0 aromatic heterocycles. The van der Waals surface area contributed by atoms with Gasteiger partial charge in [0, 0.05) is 13.1 Å². The summed E-state index contributed by atoms with van der Waals surface area (Å²) in [5.41, 5.74) is 0. The molecule has 0 aliphatic heterocycles. The number of urea groups is 1. The molecule has 1 saturated carbocycles. The maximum Gasteiger partial charge on any atom is 0.326 e. The van der Waals surface area contributed by atoms with Gasteiger partial charge in [0.1, 0.15) is 6.04 Å². The first kappa shape index (κ1) is 15.7. The Morgan fingerprint density at radius 3 is 2.47 bits per heavy atom. The number of hydrogen-bond donors (Lipinski definition) is 4. The van der Waals surface area contributed by atoms with Crippen molar-refractivity contribution in [3.8, 4) is 0 Å². The van der Waals surface area contributed by atoms with Crippen molar-refractivity contribution in [1.82, 2.24) is 15.4 Å². The van der Waals surface area contributed by atoms with Crippen LogP contribution in [0.4, 0.5) is 4.79 Å². The fraction of sp³-hybridized carbons (Fsp3) is 0.800. The molecule has 1 fully saturated rings. The molecule has 4 N–H and O–H groups in total. The Morgan fingerprint density at radius 1 is 1.37 bits per heavy atom. The monoisotopic (exact) mass is 293 g/mol. The molecule has 9 heteroatoms. The summed E-state index contributed by atoms with van der Waals surface area (Å²) in [6, 6.07) is -1.56. The molecule has 1 unspecified atom stereocenters. The lowest BCUT2D eigenvalue weighted by Gasteiger charge is -2.14. The highest BCUT2D eigenvalue weighted by Gasteiger charge is 2.37. The molecule has 0 aromatic rings. The van der Waals surface area contributed by atoms with Gasteiger partial charge in [-0.1, -0.05) is 6.92 Å². The van der Waals surface area contributed by atoms with Gasteiger partial charge in [-0.05, 0) is 18.8 Å². The highest BCUT2D eigenvalue weighted by Crippen LogP contribution is 2.32. The Kier molecular flexibility index (Phi) is 5.55. The van der Waals surface area contributed by atoms with Crippen LogP contribution < -0.4 is 15.4 Å². The highest BCUT2D eigenvalue weighted by molar-refractivity contribution is 7.89. The van der Waals surface area contributed by atoms with E-state index in [9.17, 15) is 18.0 Å². The van der Waals surface area contributed by atoms with E-state index in [4.69, 9.17) is 5.11 Å². The summed E-state index contributed by atoms with van der Waals surface area (Å²) in [5.74, 6) is -1.33. The third-order valence-corrected chi connectivity index (χ3v) is 4.14. The Balaban J connectivity index is 2.29. The summed E-state index contributed by atoms with van der Waals surface area (Å²) in [6.45, 7) is 1.88. The molecule has 1 rings (SSSR count). The van der Waals surface area contributed by atoms with Crippen LogP contribution in [0.25, 0.3) is 0 Å². The van der Waals surface area contributed by atoms with Crippen molar-refractivity contribution in [2.45, 2.75) is 25.8 Å². The van der Waals surface area contributed by atoms with Crippen molar-refractivity contribution in [1.29, 1.82) is 0 Å². The predicted molar refractivity (Wildman–Crippen MR) is 68.1 cm³/mol. The second kappa shape index (κ2) is 6.71. The van der Waals surface area contributed by atoms with Gasteiger partial charge in [-0.15, -0.1) is 0 Å².